The van der Waals surface area contributed by atoms with Crippen molar-refractivity contribution in [2.45, 2.75) is 32.2 Å². The van der Waals surface area contributed by atoms with E-state index in [1.54, 1.807) is 0 Å². The smallest absolute Gasteiger partial charge is 0.0472 e. The Labute approximate surface area is 121 Å². The van der Waals surface area contributed by atoms with Gasteiger partial charge in [0, 0.05) is 36.9 Å². The Balaban J connectivity index is 1.82. The number of benzene rings is 1. The Hall–Kier alpha value is -0.670. The molecule has 19 heavy (non-hydrogen) atoms. The van der Waals surface area contributed by atoms with Crippen LogP contribution in [-0.4, -0.2) is 31.6 Å². The predicted octanol–water partition coefficient (Wildman–Crippen LogP) is 3.16. The van der Waals surface area contributed by atoms with E-state index >= 15 is 0 Å². The summed E-state index contributed by atoms with van der Waals surface area (Å²) in [5.41, 5.74) is 3.26. The fraction of sp³-hybridized carbons (Fsp3) is 0.625. The third-order valence-corrected chi connectivity index (χ3v) is 5.41. The lowest BCUT2D eigenvalue weighted by Crippen LogP contribution is -2.45. The van der Waals surface area contributed by atoms with Crippen molar-refractivity contribution in [3.05, 3.63) is 29.8 Å². The largest absolute Gasteiger partial charge is 0.381 e. The third-order valence-electron chi connectivity index (χ3n) is 4.74. The number of nitrogens with zero attached hydrogens (tertiary/aromatic N) is 1. The molecule has 0 aromatic heterocycles. The third kappa shape index (κ3) is 2.50. The summed E-state index contributed by atoms with van der Waals surface area (Å²) in [6.07, 6.45) is 3.46. The van der Waals surface area contributed by atoms with Crippen LogP contribution in [0.25, 0.3) is 0 Å². The van der Waals surface area contributed by atoms with E-state index in [2.05, 4.69) is 48.7 Å². The number of rotatable bonds is 3. The summed E-state index contributed by atoms with van der Waals surface area (Å²) in [6.45, 7) is 5.25. The van der Waals surface area contributed by atoms with E-state index in [1.807, 2.05) is 0 Å². The number of fused-ring (bicyclic) bond motifs is 1. The number of hydrogen-bond donors (Lipinski definition) is 1. The molecule has 0 spiro atoms. The van der Waals surface area contributed by atoms with E-state index < -0.39 is 0 Å². The van der Waals surface area contributed by atoms with Gasteiger partial charge in [-0.25, -0.2) is 0 Å². The fourth-order valence-corrected chi connectivity index (χ4v) is 3.82. The van der Waals surface area contributed by atoms with Gasteiger partial charge in [-0.15, -0.1) is 0 Å². The van der Waals surface area contributed by atoms with Crippen molar-refractivity contribution in [3.63, 3.8) is 0 Å². The Morgan fingerprint density at radius 2 is 2.05 bits per heavy atom. The molecule has 1 atom stereocenters. The van der Waals surface area contributed by atoms with Crippen LogP contribution in [-0.2, 0) is 11.2 Å². The molecular formula is C16H23NOS. The van der Waals surface area contributed by atoms with Gasteiger partial charge in [0.2, 0.25) is 0 Å². The monoisotopic (exact) mass is 277 g/mol. The molecule has 1 saturated heterocycles. The van der Waals surface area contributed by atoms with Gasteiger partial charge in [0.05, 0.1) is 0 Å². The average molecular weight is 277 g/mol. The first-order valence-electron chi connectivity index (χ1n) is 7.27. The van der Waals surface area contributed by atoms with Crippen molar-refractivity contribution >= 4 is 18.3 Å². The minimum Gasteiger partial charge on any atom is -0.381 e. The van der Waals surface area contributed by atoms with Gasteiger partial charge in [0.1, 0.15) is 0 Å². The highest BCUT2D eigenvalue weighted by molar-refractivity contribution is 7.80. The molecule has 1 aromatic rings. The van der Waals surface area contributed by atoms with Crippen molar-refractivity contribution in [1.82, 2.24) is 0 Å². The van der Waals surface area contributed by atoms with Crippen LogP contribution in [0.4, 0.5) is 5.69 Å². The molecule has 0 saturated carbocycles. The van der Waals surface area contributed by atoms with Crippen LogP contribution in [0, 0.1) is 5.41 Å². The van der Waals surface area contributed by atoms with Gasteiger partial charge < -0.3 is 9.64 Å². The molecule has 3 rings (SSSR count). The SMILES string of the molecule is CC1Cc2ccccc2N1CC1(CS)CCOCC1. The zero-order chi connectivity index (χ0) is 13.3. The summed E-state index contributed by atoms with van der Waals surface area (Å²) in [4.78, 5) is 2.59. The second kappa shape index (κ2) is 5.37. The molecule has 104 valence electrons. The lowest BCUT2D eigenvalue weighted by Gasteiger charge is -2.41. The standard InChI is InChI=1S/C16H23NOS/c1-13-10-14-4-2-3-5-15(14)17(13)11-16(12-19)6-8-18-9-7-16/h2-5,13,19H,6-12H2,1H3. The molecule has 0 aliphatic carbocycles. The quantitative estimate of drug-likeness (QED) is 0.852. The molecule has 2 heterocycles. The highest BCUT2D eigenvalue weighted by Gasteiger charge is 2.37. The van der Waals surface area contributed by atoms with Gasteiger partial charge in [-0.2, -0.15) is 12.6 Å². The number of para-hydroxylation sites is 1. The van der Waals surface area contributed by atoms with Gasteiger partial charge in [0.25, 0.3) is 0 Å². The van der Waals surface area contributed by atoms with Gasteiger partial charge in [0.15, 0.2) is 0 Å². The summed E-state index contributed by atoms with van der Waals surface area (Å²) >= 11 is 4.64. The van der Waals surface area contributed by atoms with Gasteiger partial charge in [-0.1, -0.05) is 18.2 Å². The molecule has 1 unspecified atom stereocenters. The summed E-state index contributed by atoms with van der Waals surface area (Å²) in [5, 5.41) is 0. The normalized spacial score (nSPS) is 25.4. The highest BCUT2D eigenvalue weighted by Crippen LogP contribution is 2.39. The van der Waals surface area contributed by atoms with E-state index in [1.165, 1.54) is 17.7 Å². The van der Waals surface area contributed by atoms with Gasteiger partial charge >= 0.3 is 0 Å². The van der Waals surface area contributed by atoms with Crippen molar-refractivity contribution in [3.8, 4) is 0 Å². The van der Waals surface area contributed by atoms with Crippen LogP contribution in [0.2, 0.25) is 0 Å². The zero-order valence-corrected chi connectivity index (χ0v) is 12.5. The minimum absolute atomic E-state index is 0.326. The summed E-state index contributed by atoms with van der Waals surface area (Å²) in [7, 11) is 0. The van der Waals surface area contributed by atoms with Crippen LogP contribution < -0.4 is 4.90 Å². The molecule has 3 heteroatoms. The Bertz CT molecular complexity index is 442. The van der Waals surface area contributed by atoms with Crippen molar-refractivity contribution < 1.29 is 4.74 Å². The Morgan fingerprint density at radius 3 is 2.79 bits per heavy atom. The molecule has 2 aliphatic rings. The predicted molar refractivity (Wildman–Crippen MR) is 83.3 cm³/mol. The number of ether oxygens (including phenoxy) is 1. The van der Waals surface area contributed by atoms with E-state index in [0.717, 1.165) is 38.4 Å². The molecule has 2 nitrogen and oxygen atoms in total. The van der Waals surface area contributed by atoms with Crippen LogP contribution in [0.3, 0.4) is 0 Å². The average Bonchev–Trinajstić information content (AvgIpc) is 2.76. The van der Waals surface area contributed by atoms with Crippen LogP contribution >= 0.6 is 12.6 Å². The summed E-state index contributed by atoms with van der Waals surface area (Å²) < 4.78 is 5.53. The van der Waals surface area contributed by atoms with E-state index in [0.29, 0.717) is 11.5 Å². The number of hydrogen-bond acceptors (Lipinski definition) is 3. The van der Waals surface area contributed by atoms with E-state index in [-0.39, 0.29) is 0 Å². The first kappa shape index (κ1) is 13.3. The number of thiol groups is 1. The highest BCUT2D eigenvalue weighted by atomic mass is 32.1. The van der Waals surface area contributed by atoms with Gasteiger partial charge in [-0.05, 0) is 43.6 Å². The molecule has 0 N–H and O–H groups in total. The van der Waals surface area contributed by atoms with Crippen LogP contribution in [0.15, 0.2) is 24.3 Å². The second-order valence-corrected chi connectivity index (χ2v) is 6.40. The van der Waals surface area contributed by atoms with E-state index in [9.17, 15) is 0 Å². The summed E-state index contributed by atoms with van der Waals surface area (Å²) in [6, 6.07) is 9.45. The van der Waals surface area contributed by atoms with Crippen molar-refractivity contribution in [2.75, 3.05) is 30.4 Å². The zero-order valence-electron chi connectivity index (χ0n) is 11.6. The minimum atomic E-state index is 0.326. The first-order chi connectivity index (χ1) is 9.24. The van der Waals surface area contributed by atoms with Crippen molar-refractivity contribution in [1.29, 1.82) is 0 Å². The lowest BCUT2D eigenvalue weighted by molar-refractivity contribution is 0.0292. The molecule has 0 amide bonds. The van der Waals surface area contributed by atoms with E-state index in [4.69, 9.17) is 4.74 Å². The lowest BCUT2D eigenvalue weighted by atomic mass is 9.81. The molecule has 1 fully saturated rings. The molecule has 1 aromatic carbocycles. The number of anilines is 1. The maximum Gasteiger partial charge on any atom is 0.0472 e. The fourth-order valence-electron chi connectivity index (χ4n) is 3.40. The van der Waals surface area contributed by atoms with Gasteiger partial charge in [-0.3, -0.25) is 0 Å². The molecule has 0 radical (unpaired) electrons. The van der Waals surface area contributed by atoms with Crippen LogP contribution in [0.1, 0.15) is 25.3 Å². The second-order valence-electron chi connectivity index (χ2n) is 6.08. The topological polar surface area (TPSA) is 12.5 Å². The Kier molecular flexibility index (Phi) is 3.77. The molecule has 0 bridgehead atoms. The Morgan fingerprint density at radius 1 is 1.32 bits per heavy atom. The molecule has 2 aliphatic heterocycles. The van der Waals surface area contributed by atoms with Crippen molar-refractivity contribution in [2.24, 2.45) is 5.41 Å². The summed E-state index contributed by atoms with van der Waals surface area (Å²) in [5.74, 6) is 0.960. The maximum atomic E-state index is 5.53. The maximum absolute atomic E-state index is 5.53. The molecular weight excluding hydrogens is 254 g/mol. The van der Waals surface area contributed by atoms with Crippen LogP contribution in [0.5, 0.6) is 0 Å². The first-order valence-corrected chi connectivity index (χ1v) is 7.90.